The van der Waals surface area contributed by atoms with Gasteiger partial charge < -0.3 is 9.88 Å². The molecule has 0 fully saturated rings. The van der Waals surface area contributed by atoms with E-state index in [9.17, 15) is 13.6 Å². The van der Waals surface area contributed by atoms with Crippen LogP contribution in [0.4, 0.5) is 8.78 Å². The van der Waals surface area contributed by atoms with Crippen LogP contribution < -0.4 is 5.32 Å². The SMILES string of the molecule is CC(=O)NCCCN1CCc2c(c3cc(F)ccc3n2-c2ccc(F)cc2)C1. The zero-order valence-corrected chi connectivity index (χ0v) is 15.8. The highest BCUT2D eigenvalue weighted by Crippen LogP contribution is 2.34. The lowest BCUT2D eigenvalue weighted by atomic mass is 10.0. The van der Waals surface area contributed by atoms with Crippen molar-refractivity contribution >= 4 is 16.8 Å². The summed E-state index contributed by atoms with van der Waals surface area (Å²) in [7, 11) is 0. The first kappa shape index (κ1) is 18.6. The quantitative estimate of drug-likeness (QED) is 0.681. The number of rotatable bonds is 5. The van der Waals surface area contributed by atoms with E-state index >= 15 is 0 Å². The average molecular weight is 383 g/mol. The number of nitrogens with one attached hydrogen (secondary N) is 1. The van der Waals surface area contributed by atoms with E-state index in [1.807, 2.05) is 0 Å². The molecule has 6 heteroatoms. The van der Waals surface area contributed by atoms with Crippen molar-refractivity contribution in [3.05, 3.63) is 65.4 Å². The summed E-state index contributed by atoms with van der Waals surface area (Å²) in [6, 6.07) is 11.3. The number of halogens is 2. The Kier molecular flexibility index (Phi) is 5.13. The molecule has 1 aliphatic heterocycles. The second-order valence-corrected chi connectivity index (χ2v) is 7.26. The van der Waals surface area contributed by atoms with Crippen LogP contribution in [-0.2, 0) is 17.8 Å². The first-order valence-electron chi connectivity index (χ1n) is 9.57. The van der Waals surface area contributed by atoms with Gasteiger partial charge in [0.1, 0.15) is 11.6 Å². The third kappa shape index (κ3) is 3.64. The van der Waals surface area contributed by atoms with Gasteiger partial charge in [-0.25, -0.2) is 8.78 Å². The van der Waals surface area contributed by atoms with Crippen LogP contribution in [0.1, 0.15) is 24.6 Å². The van der Waals surface area contributed by atoms with Crippen molar-refractivity contribution in [2.24, 2.45) is 0 Å². The van der Waals surface area contributed by atoms with Gasteiger partial charge in [-0.3, -0.25) is 9.69 Å². The first-order valence-corrected chi connectivity index (χ1v) is 9.57. The molecule has 4 nitrogen and oxygen atoms in total. The summed E-state index contributed by atoms with van der Waals surface area (Å²) in [6.07, 6.45) is 1.71. The van der Waals surface area contributed by atoms with Crippen molar-refractivity contribution in [2.45, 2.75) is 26.3 Å². The molecule has 0 aliphatic carbocycles. The van der Waals surface area contributed by atoms with Crippen molar-refractivity contribution in [1.82, 2.24) is 14.8 Å². The highest BCUT2D eigenvalue weighted by atomic mass is 19.1. The van der Waals surface area contributed by atoms with Crippen LogP contribution in [0.3, 0.4) is 0 Å². The molecule has 1 aromatic heterocycles. The standard InChI is InChI=1S/C22H23F2N3O/c1-15(28)25-10-2-11-26-12-9-22-20(14-26)19-13-17(24)5-8-21(19)27(22)18-6-3-16(23)4-7-18/h3-8,13H,2,9-12,14H2,1H3,(H,25,28). The summed E-state index contributed by atoms with van der Waals surface area (Å²) >= 11 is 0. The van der Waals surface area contributed by atoms with Gasteiger partial charge in [-0.15, -0.1) is 0 Å². The maximum absolute atomic E-state index is 14.0. The zero-order chi connectivity index (χ0) is 19.7. The van der Waals surface area contributed by atoms with Crippen LogP contribution in [0.5, 0.6) is 0 Å². The summed E-state index contributed by atoms with van der Waals surface area (Å²) in [4.78, 5) is 13.3. The summed E-state index contributed by atoms with van der Waals surface area (Å²) in [5.74, 6) is -0.543. The second kappa shape index (κ2) is 7.72. The van der Waals surface area contributed by atoms with Gasteiger partial charge >= 0.3 is 0 Å². The van der Waals surface area contributed by atoms with Crippen molar-refractivity contribution in [2.75, 3.05) is 19.6 Å². The third-order valence-corrected chi connectivity index (χ3v) is 5.30. The predicted octanol–water partition coefficient (Wildman–Crippen LogP) is 3.79. The molecule has 0 bridgehead atoms. The number of carbonyl (C=O) groups excluding carboxylic acids is 1. The van der Waals surface area contributed by atoms with Crippen LogP contribution in [-0.4, -0.2) is 35.0 Å². The van der Waals surface area contributed by atoms with Crippen molar-refractivity contribution in [1.29, 1.82) is 0 Å². The Balaban J connectivity index is 1.67. The Morgan fingerprint density at radius 2 is 1.86 bits per heavy atom. The molecular formula is C22H23F2N3O. The molecule has 0 saturated carbocycles. The maximum atomic E-state index is 14.0. The topological polar surface area (TPSA) is 37.3 Å². The first-order chi connectivity index (χ1) is 13.5. The zero-order valence-electron chi connectivity index (χ0n) is 15.8. The molecule has 1 aliphatic rings. The predicted molar refractivity (Wildman–Crippen MR) is 105 cm³/mol. The molecule has 28 heavy (non-hydrogen) atoms. The van der Waals surface area contributed by atoms with Crippen LogP contribution in [0, 0.1) is 11.6 Å². The van der Waals surface area contributed by atoms with Gasteiger partial charge in [0.15, 0.2) is 0 Å². The van der Waals surface area contributed by atoms with E-state index in [2.05, 4.69) is 14.8 Å². The molecule has 0 atom stereocenters. The van der Waals surface area contributed by atoms with Crippen molar-refractivity contribution in [3.8, 4) is 5.69 Å². The van der Waals surface area contributed by atoms with Gasteiger partial charge in [0.05, 0.1) is 5.52 Å². The number of hydrogen-bond acceptors (Lipinski definition) is 2. The molecule has 0 radical (unpaired) electrons. The van der Waals surface area contributed by atoms with E-state index in [1.54, 1.807) is 24.3 Å². The maximum Gasteiger partial charge on any atom is 0.216 e. The number of carbonyl (C=O) groups is 1. The fourth-order valence-electron chi connectivity index (χ4n) is 4.03. The number of benzene rings is 2. The second-order valence-electron chi connectivity index (χ2n) is 7.26. The lowest BCUT2D eigenvalue weighted by Gasteiger charge is -2.28. The number of hydrogen-bond donors (Lipinski definition) is 1. The minimum Gasteiger partial charge on any atom is -0.356 e. The minimum atomic E-state index is -0.273. The van der Waals surface area contributed by atoms with Crippen LogP contribution in [0.25, 0.3) is 16.6 Å². The van der Waals surface area contributed by atoms with Crippen LogP contribution in [0.15, 0.2) is 42.5 Å². The number of aromatic nitrogens is 1. The molecule has 2 heterocycles. The lowest BCUT2D eigenvalue weighted by Crippen LogP contribution is -2.33. The van der Waals surface area contributed by atoms with E-state index < -0.39 is 0 Å². The van der Waals surface area contributed by atoms with Gasteiger partial charge in [-0.1, -0.05) is 0 Å². The Hall–Kier alpha value is -2.73. The van der Waals surface area contributed by atoms with Crippen LogP contribution in [0.2, 0.25) is 0 Å². The third-order valence-electron chi connectivity index (χ3n) is 5.30. The number of fused-ring (bicyclic) bond motifs is 3. The minimum absolute atomic E-state index is 0.0150. The van der Waals surface area contributed by atoms with Gasteiger partial charge in [0.2, 0.25) is 5.91 Å². The average Bonchev–Trinajstić information content (AvgIpc) is 2.99. The van der Waals surface area contributed by atoms with Gasteiger partial charge in [0.25, 0.3) is 0 Å². The van der Waals surface area contributed by atoms with E-state index in [0.29, 0.717) is 6.54 Å². The molecule has 1 amide bonds. The van der Waals surface area contributed by atoms with Crippen molar-refractivity contribution in [3.63, 3.8) is 0 Å². The highest BCUT2D eigenvalue weighted by Gasteiger charge is 2.24. The smallest absolute Gasteiger partial charge is 0.216 e. The van der Waals surface area contributed by atoms with Crippen LogP contribution >= 0.6 is 0 Å². The van der Waals surface area contributed by atoms with E-state index in [0.717, 1.165) is 60.3 Å². The Morgan fingerprint density at radius 3 is 2.61 bits per heavy atom. The highest BCUT2D eigenvalue weighted by molar-refractivity contribution is 5.87. The van der Waals surface area contributed by atoms with Gasteiger partial charge in [0, 0.05) is 56.3 Å². The Labute approximate surface area is 162 Å². The Bertz CT molecular complexity index is 1010. The normalized spacial score (nSPS) is 14.2. The molecule has 0 unspecified atom stereocenters. The molecule has 0 spiro atoms. The fraction of sp³-hybridized carbons (Fsp3) is 0.318. The van der Waals surface area contributed by atoms with E-state index in [1.165, 1.54) is 25.1 Å². The Morgan fingerprint density at radius 1 is 1.11 bits per heavy atom. The fourth-order valence-corrected chi connectivity index (χ4v) is 4.03. The monoisotopic (exact) mass is 383 g/mol. The molecule has 1 N–H and O–H groups in total. The van der Waals surface area contributed by atoms with E-state index in [4.69, 9.17) is 0 Å². The van der Waals surface area contributed by atoms with E-state index in [-0.39, 0.29) is 17.5 Å². The lowest BCUT2D eigenvalue weighted by molar-refractivity contribution is -0.118. The largest absolute Gasteiger partial charge is 0.356 e. The molecule has 3 aromatic rings. The van der Waals surface area contributed by atoms with Crippen molar-refractivity contribution < 1.29 is 13.6 Å². The number of nitrogens with zero attached hydrogens (tertiary/aromatic N) is 2. The molecule has 2 aromatic carbocycles. The molecule has 146 valence electrons. The molecule has 0 saturated heterocycles. The van der Waals surface area contributed by atoms with Gasteiger partial charge in [-0.2, -0.15) is 0 Å². The summed E-state index contributed by atoms with van der Waals surface area (Å²) in [6.45, 7) is 4.69. The van der Waals surface area contributed by atoms with Gasteiger partial charge in [-0.05, 0) is 54.4 Å². The molecular weight excluding hydrogens is 360 g/mol. The summed E-state index contributed by atoms with van der Waals surface area (Å²) in [5.41, 5.74) is 4.12. The summed E-state index contributed by atoms with van der Waals surface area (Å²) < 4.78 is 29.5. The number of amides is 1. The summed E-state index contributed by atoms with van der Waals surface area (Å²) in [5, 5.41) is 3.73. The molecule has 4 rings (SSSR count).